The van der Waals surface area contributed by atoms with Gasteiger partial charge in [0.15, 0.2) is 11.6 Å². The number of carbonyl (C=O) groups excluding carboxylic acids is 2. The number of urea groups is 1. The number of pyridine rings is 1. The third-order valence-electron chi connectivity index (χ3n) is 4.53. The van der Waals surface area contributed by atoms with Crippen LogP contribution < -0.4 is 10.2 Å². The summed E-state index contributed by atoms with van der Waals surface area (Å²) in [7, 11) is 0. The van der Waals surface area contributed by atoms with E-state index in [2.05, 4.69) is 10.3 Å². The lowest BCUT2D eigenvalue weighted by Crippen LogP contribution is -2.37. The Hall–Kier alpha value is -3.55. The van der Waals surface area contributed by atoms with Crippen LogP contribution in [0.25, 0.3) is 10.9 Å². The maximum absolute atomic E-state index is 13.4. The molecule has 1 aliphatic rings. The number of nitrogens with zero attached hydrogens (tertiary/aromatic N) is 3. The first-order valence-corrected chi connectivity index (χ1v) is 8.67. The number of nitrogens with one attached hydrogen (secondary N) is 1. The average Bonchev–Trinajstić information content (AvgIpc) is 3.04. The molecule has 28 heavy (non-hydrogen) atoms. The maximum atomic E-state index is 13.4. The molecule has 3 aromatic rings. The lowest BCUT2D eigenvalue weighted by atomic mass is 10.2. The highest BCUT2D eigenvalue weighted by molar-refractivity contribution is 6.00. The van der Waals surface area contributed by atoms with Crippen molar-refractivity contribution in [2.45, 2.75) is 0 Å². The van der Waals surface area contributed by atoms with E-state index in [0.717, 1.165) is 23.0 Å². The molecule has 0 bridgehead atoms. The summed E-state index contributed by atoms with van der Waals surface area (Å²) in [5.41, 5.74) is 1.68. The monoisotopic (exact) mass is 382 g/mol. The van der Waals surface area contributed by atoms with Crippen LogP contribution >= 0.6 is 0 Å². The molecule has 2 aromatic carbocycles. The minimum atomic E-state index is -1.02. The number of hydrogen-bond acceptors (Lipinski definition) is 3. The van der Waals surface area contributed by atoms with Gasteiger partial charge in [-0.3, -0.25) is 14.7 Å². The van der Waals surface area contributed by atoms with Gasteiger partial charge in [-0.2, -0.15) is 0 Å². The Labute approximate surface area is 159 Å². The first-order chi connectivity index (χ1) is 13.5. The van der Waals surface area contributed by atoms with E-state index in [1.54, 1.807) is 24.4 Å². The lowest BCUT2D eigenvalue weighted by molar-refractivity contribution is -0.116. The summed E-state index contributed by atoms with van der Waals surface area (Å²) in [6, 6.07) is 11.9. The summed E-state index contributed by atoms with van der Waals surface area (Å²) in [5.74, 6) is -2.34. The highest BCUT2D eigenvalue weighted by Crippen LogP contribution is 2.23. The van der Waals surface area contributed by atoms with Gasteiger partial charge in [-0.25, -0.2) is 13.6 Å². The number of fused-ring (bicyclic) bond motifs is 1. The summed E-state index contributed by atoms with van der Waals surface area (Å²) in [6.45, 7) is 0.468. The molecular formula is C20H16F2N4O2. The van der Waals surface area contributed by atoms with Crippen LogP contribution in [0, 0.1) is 11.6 Å². The topological polar surface area (TPSA) is 65.5 Å². The Bertz CT molecular complexity index is 1070. The van der Waals surface area contributed by atoms with Crippen molar-refractivity contribution >= 4 is 34.2 Å². The molecule has 0 saturated carbocycles. The number of hydrogen-bond donors (Lipinski definition) is 1. The van der Waals surface area contributed by atoms with Crippen molar-refractivity contribution < 1.29 is 18.4 Å². The summed E-state index contributed by atoms with van der Waals surface area (Å²) < 4.78 is 26.5. The van der Waals surface area contributed by atoms with Gasteiger partial charge in [-0.15, -0.1) is 0 Å². The number of carbonyl (C=O) groups is 2. The van der Waals surface area contributed by atoms with Crippen LogP contribution in [0.1, 0.15) is 0 Å². The van der Waals surface area contributed by atoms with Crippen molar-refractivity contribution in [3.05, 3.63) is 66.4 Å². The quantitative estimate of drug-likeness (QED) is 0.752. The molecule has 0 spiro atoms. The van der Waals surface area contributed by atoms with Gasteiger partial charge in [0.1, 0.15) is 6.54 Å². The zero-order chi connectivity index (χ0) is 19.7. The Kier molecular flexibility index (Phi) is 4.60. The van der Waals surface area contributed by atoms with Gasteiger partial charge in [-0.05, 0) is 36.4 Å². The van der Waals surface area contributed by atoms with Crippen molar-refractivity contribution in [1.29, 1.82) is 0 Å². The fourth-order valence-corrected chi connectivity index (χ4v) is 3.15. The number of anilines is 2. The Morgan fingerprint density at radius 1 is 1.07 bits per heavy atom. The highest BCUT2D eigenvalue weighted by Gasteiger charge is 2.31. The number of halogens is 2. The van der Waals surface area contributed by atoms with Gasteiger partial charge >= 0.3 is 6.03 Å². The van der Waals surface area contributed by atoms with Crippen LogP contribution in [0.5, 0.6) is 0 Å². The molecule has 2 heterocycles. The van der Waals surface area contributed by atoms with Gasteiger partial charge in [0.05, 0.1) is 5.52 Å². The summed E-state index contributed by atoms with van der Waals surface area (Å²) in [5, 5.41) is 3.65. The van der Waals surface area contributed by atoms with Gasteiger partial charge in [0.2, 0.25) is 5.91 Å². The Morgan fingerprint density at radius 3 is 2.75 bits per heavy atom. The van der Waals surface area contributed by atoms with Gasteiger partial charge < -0.3 is 10.2 Å². The van der Waals surface area contributed by atoms with E-state index in [-0.39, 0.29) is 18.1 Å². The lowest BCUT2D eigenvalue weighted by Gasteiger charge is -2.18. The van der Waals surface area contributed by atoms with E-state index in [1.807, 2.05) is 12.1 Å². The molecule has 1 saturated heterocycles. The predicted molar refractivity (Wildman–Crippen MR) is 101 cm³/mol. The minimum Gasteiger partial charge on any atom is -0.325 e. The van der Waals surface area contributed by atoms with E-state index in [1.165, 1.54) is 15.9 Å². The number of rotatable bonds is 4. The van der Waals surface area contributed by atoms with Crippen LogP contribution in [0.3, 0.4) is 0 Å². The van der Waals surface area contributed by atoms with Gasteiger partial charge in [0, 0.05) is 42.1 Å². The van der Waals surface area contributed by atoms with Crippen molar-refractivity contribution in [1.82, 2.24) is 9.88 Å². The van der Waals surface area contributed by atoms with Crippen LogP contribution in [0.2, 0.25) is 0 Å². The van der Waals surface area contributed by atoms with Gasteiger partial charge in [-0.1, -0.05) is 6.07 Å². The largest absolute Gasteiger partial charge is 0.325 e. The molecule has 0 radical (unpaired) electrons. The van der Waals surface area contributed by atoms with E-state index in [0.29, 0.717) is 18.8 Å². The molecule has 6 nitrogen and oxygen atoms in total. The fourth-order valence-electron chi connectivity index (χ4n) is 3.15. The molecule has 0 unspecified atom stereocenters. The SMILES string of the molecule is O=C(CN1CCN(c2ccc(F)c(F)c2)C1=O)Nc1ccc2ncccc2c1. The molecule has 8 heteroatoms. The average molecular weight is 382 g/mol. The van der Waals surface area contributed by atoms with E-state index >= 15 is 0 Å². The second-order valence-electron chi connectivity index (χ2n) is 6.41. The molecular weight excluding hydrogens is 366 g/mol. The molecule has 3 amide bonds. The first kappa shape index (κ1) is 17.8. The maximum Gasteiger partial charge on any atom is 0.325 e. The van der Waals surface area contributed by atoms with Crippen LogP contribution in [0.4, 0.5) is 25.0 Å². The number of amides is 3. The van der Waals surface area contributed by atoms with Gasteiger partial charge in [0.25, 0.3) is 0 Å². The summed E-state index contributed by atoms with van der Waals surface area (Å²) in [4.78, 5) is 31.8. The molecule has 0 atom stereocenters. The normalized spacial score (nSPS) is 14.0. The summed E-state index contributed by atoms with van der Waals surface area (Å²) in [6.07, 6.45) is 1.69. The highest BCUT2D eigenvalue weighted by atomic mass is 19.2. The molecule has 1 aromatic heterocycles. The van der Waals surface area contributed by atoms with Crippen LogP contribution in [-0.2, 0) is 4.79 Å². The standard InChI is InChI=1S/C20H16F2N4O2/c21-16-5-4-15(11-17(16)22)26-9-8-25(20(26)28)12-19(27)24-14-3-6-18-13(10-14)2-1-7-23-18/h1-7,10-11H,8-9,12H2,(H,24,27). The molecule has 0 aliphatic carbocycles. The molecule has 1 fully saturated rings. The van der Waals surface area contributed by atoms with E-state index in [4.69, 9.17) is 0 Å². The second-order valence-corrected chi connectivity index (χ2v) is 6.41. The smallest absolute Gasteiger partial charge is 0.325 e. The third kappa shape index (κ3) is 3.48. The molecule has 142 valence electrons. The number of benzene rings is 2. The van der Waals surface area contributed by atoms with Crippen LogP contribution in [-0.4, -0.2) is 41.5 Å². The van der Waals surface area contributed by atoms with Crippen molar-refractivity contribution in [3.8, 4) is 0 Å². The van der Waals surface area contributed by atoms with Crippen LogP contribution in [0.15, 0.2) is 54.7 Å². The Balaban J connectivity index is 1.41. The Morgan fingerprint density at radius 2 is 1.93 bits per heavy atom. The predicted octanol–water partition coefficient (Wildman–Crippen LogP) is 3.39. The zero-order valence-corrected chi connectivity index (χ0v) is 14.7. The van der Waals surface area contributed by atoms with Crippen molar-refractivity contribution in [2.24, 2.45) is 0 Å². The van der Waals surface area contributed by atoms with Crippen molar-refractivity contribution in [2.75, 3.05) is 29.9 Å². The second kappa shape index (κ2) is 7.22. The first-order valence-electron chi connectivity index (χ1n) is 8.67. The molecule has 1 N–H and O–H groups in total. The molecule has 1 aliphatic heterocycles. The van der Waals surface area contributed by atoms with Crippen molar-refractivity contribution in [3.63, 3.8) is 0 Å². The van der Waals surface area contributed by atoms with E-state index in [9.17, 15) is 18.4 Å². The van der Waals surface area contributed by atoms with E-state index < -0.39 is 17.7 Å². The fraction of sp³-hybridized carbons (Fsp3) is 0.150. The zero-order valence-electron chi connectivity index (χ0n) is 14.7. The summed E-state index contributed by atoms with van der Waals surface area (Å²) >= 11 is 0. The minimum absolute atomic E-state index is 0.135. The molecule has 4 rings (SSSR count). The number of aromatic nitrogens is 1. The third-order valence-corrected chi connectivity index (χ3v) is 4.53.